The Bertz CT molecular complexity index is 1720. The Morgan fingerprint density at radius 1 is 0.809 bits per heavy atom. The number of amides is 2. The topological polar surface area (TPSA) is 103 Å². The highest BCUT2D eigenvalue weighted by Gasteiger charge is 2.24. The van der Waals surface area contributed by atoms with Gasteiger partial charge in [0.15, 0.2) is 0 Å². The van der Waals surface area contributed by atoms with Gasteiger partial charge in [0, 0.05) is 22.2 Å². The molecule has 4 aromatic carbocycles. The van der Waals surface area contributed by atoms with Crippen LogP contribution in [0.15, 0.2) is 91.0 Å². The first-order valence-corrected chi connectivity index (χ1v) is 16.0. The second-order valence-electron chi connectivity index (χ2n) is 12.0. The number of ether oxygens (including phenoxy) is 3. The van der Waals surface area contributed by atoms with E-state index in [4.69, 9.17) is 25.8 Å². The summed E-state index contributed by atoms with van der Waals surface area (Å²) in [6.07, 6.45) is -0.152. The maximum atomic E-state index is 13.8. The van der Waals surface area contributed by atoms with Gasteiger partial charge in [0.2, 0.25) is 0 Å². The molecule has 8 nitrogen and oxygen atoms in total. The lowest BCUT2D eigenvalue weighted by Gasteiger charge is -2.22. The van der Waals surface area contributed by atoms with Gasteiger partial charge in [0.05, 0.1) is 12.6 Å². The SMILES string of the molecule is CCOC(=O)C(CC)NC(=O)c1ccc(-c2ccccc2)cc1-c1ccc(Cl)cc1Oc1cccc([C@@H](C)NC(=O)OC(C)(C)C)c1. The van der Waals surface area contributed by atoms with E-state index in [0.29, 0.717) is 39.6 Å². The van der Waals surface area contributed by atoms with Crippen LogP contribution in [-0.2, 0) is 14.3 Å². The quantitative estimate of drug-likeness (QED) is 0.156. The van der Waals surface area contributed by atoms with Crippen molar-refractivity contribution in [3.05, 3.63) is 107 Å². The van der Waals surface area contributed by atoms with Gasteiger partial charge in [-0.3, -0.25) is 4.79 Å². The van der Waals surface area contributed by atoms with Crippen LogP contribution in [0.5, 0.6) is 11.5 Å². The second-order valence-corrected chi connectivity index (χ2v) is 12.4. The van der Waals surface area contributed by atoms with Crippen molar-refractivity contribution in [3.63, 3.8) is 0 Å². The monoisotopic (exact) mass is 656 g/mol. The molecule has 4 rings (SSSR count). The van der Waals surface area contributed by atoms with Crippen molar-refractivity contribution >= 4 is 29.6 Å². The molecule has 0 saturated heterocycles. The molecule has 0 aliphatic rings. The summed E-state index contributed by atoms with van der Waals surface area (Å²) in [5, 5.41) is 6.14. The first-order chi connectivity index (χ1) is 22.4. The minimum Gasteiger partial charge on any atom is -0.464 e. The highest BCUT2D eigenvalue weighted by atomic mass is 35.5. The van der Waals surface area contributed by atoms with E-state index >= 15 is 0 Å². The molecule has 1 unspecified atom stereocenters. The first kappa shape index (κ1) is 35.0. The Kier molecular flexibility index (Phi) is 11.7. The van der Waals surface area contributed by atoms with Gasteiger partial charge < -0.3 is 24.8 Å². The van der Waals surface area contributed by atoms with Crippen LogP contribution in [0.2, 0.25) is 5.02 Å². The summed E-state index contributed by atoms with van der Waals surface area (Å²) >= 11 is 6.47. The predicted octanol–water partition coefficient (Wildman–Crippen LogP) is 9.12. The summed E-state index contributed by atoms with van der Waals surface area (Å²) in [4.78, 5) is 38.7. The molecule has 0 aliphatic heterocycles. The number of rotatable bonds is 11. The van der Waals surface area contributed by atoms with Crippen molar-refractivity contribution in [3.8, 4) is 33.8 Å². The molecular formula is C38H41ClN2O6. The number of nitrogens with one attached hydrogen (secondary N) is 2. The number of hydrogen-bond donors (Lipinski definition) is 2. The molecule has 2 N–H and O–H groups in total. The third kappa shape index (κ3) is 9.59. The molecule has 4 aromatic rings. The predicted molar refractivity (Wildman–Crippen MR) is 185 cm³/mol. The van der Waals surface area contributed by atoms with Crippen molar-refractivity contribution in [1.29, 1.82) is 0 Å². The van der Waals surface area contributed by atoms with Gasteiger partial charge in [0.1, 0.15) is 23.1 Å². The van der Waals surface area contributed by atoms with Gasteiger partial charge in [-0.1, -0.05) is 67.1 Å². The van der Waals surface area contributed by atoms with Crippen molar-refractivity contribution < 1.29 is 28.6 Å². The molecule has 0 heterocycles. The minimum absolute atomic E-state index is 0.213. The lowest BCUT2D eigenvalue weighted by Crippen LogP contribution is -2.41. The van der Waals surface area contributed by atoms with Gasteiger partial charge in [-0.15, -0.1) is 0 Å². The highest BCUT2D eigenvalue weighted by Crippen LogP contribution is 2.39. The third-order valence-electron chi connectivity index (χ3n) is 7.21. The van der Waals surface area contributed by atoms with Crippen LogP contribution in [0.4, 0.5) is 4.79 Å². The summed E-state index contributed by atoms with van der Waals surface area (Å²) in [6.45, 7) is 11.0. The van der Waals surface area contributed by atoms with E-state index in [1.165, 1.54) is 0 Å². The average molecular weight is 657 g/mol. The molecular weight excluding hydrogens is 616 g/mol. The maximum absolute atomic E-state index is 13.8. The molecule has 246 valence electrons. The van der Waals surface area contributed by atoms with Crippen molar-refractivity contribution in [2.24, 2.45) is 0 Å². The molecule has 9 heteroatoms. The van der Waals surface area contributed by atoms with Crippen LogP contribution in [-0.4, -0.2) is 36.2 Å². The second kappa shape index (κ2) is 15.6. The summed E-state index contributed by atoms with van der Waals surface area (Å²) in [7, 11) is 0. The van der Waals surface area contributed by atoms with Crippen LogP contribution in [0, 0.1) is 0 Å². The van der Waals surface area contributed by atoms with E-state index in [9.17, 15) is 14.4 Å². The number of alkyl carbamates (subject to hydrolysis) is 1. The normalized spacial score (nSPS) is 12.4. The Labute approximate surface area is 281 Å². The van der Waals surface area contributed by atoms with Gasteiger partial charge in [-0.05, 0) is 99.7 Å². The fraction of sp³-hybridized carbons (Fsp3) is 0.289. The fourth-order valence-corrected chi connectivity index (χ4v) is 5.09. The zero-order chi connectivity index (χ0) is 34.1. The highest BCUT2D eigenvalue weighted by molar-refractivity contribution is 6.30. The van der Waals surface area contributed by atoms with Crippen LogP contribution in [0.25, 0.3) is 22.3 Å². The van der Waals surface area contributed by atoms with Gasteiger partial charge in [-0.25, -0.2) is 9.59 Å². The number of benzene rings is 4. The molecule has 0 aliphatic carbocycles. The Morgan fingerprint density at radius 2 is 1.55 bits per heavy atom. The van der Waals surface area contributed by atoms with Crippen molar-refractivity contribution in [1.82, 2.24) is 10.6 Å². The summed E-state index contributed by atoms with van der Waals surface area (Å²) in [5.74, 6) is 0.00238. The lowest BCUT2D eigenvalue weighted by atomic mass is 9.93. The lowest BCUT2D eigenvalue weighted by molar-refractivity contribution is -0.145. The first-order valence-electron chi connectivity index (χ1n) is 15.6. The van der Waals surface area contributed by atoms with Gasteiger partial charge in [-0.2, -0.15) is 0 Å². The zero-order valence-electron chi connectivity index (χ0n) is 27.6. The van der Waals surface area contributed by atoms with E-state index in [1.54, 1.807) is 58.0 Å². The largest absolute Gasteiger partial charge is 0.464 e. The number of carbonyl (C=O) groups is 3. The van der Waals surface area contributed by atoms with E-state index < -0.39 is 29.6 Å². The van der Waals surface area contributed by atoms with Crippen molar-refractivity contribution in [2.45, 2.75) is 65.6 Å². The molecule has 2 atom stereocenters. The van der Waals surface area contributed by atoms with Crippen LogP contribution < -0.4 is 15.4 Å². The molecule has 0 radical (unpaired) electrons. The molecule has 47 heavy (non-hydrogen) atoms. The number of esters is 1. The number of carbonyl (C=O) groups excluding carboxylic acids is 3. The van der Waals surface area contributed by atoms with E-state index in [2.05, 4.69) is 10.6 Å². The van der Waals surface area contributed by atoms with Gasteiger partial charge >= 0.3 is 12.1 Å². The molecule has 2 amide bonds. The number of halogens is 1. The third-order valence-corrected chi connectivity index (χ3v) is 7.44. The van der Waals surface area contributed by atoms with Crippen molar-refractivity contribution in [2.75, 3.05) is 6.61 Å². The Balaban J connectivity index is 1.74. The molecule has 0 bridgehead atoms. The number of hydrogen-bond acceptors (Lipinski definition) is 6. The van der Waals surface area contributed by atoms with E-state index in [1.807, 2.05) is 74.5 Å². The van der Waals surface area contributed by atoms with E-state index in [0.717, 1.165) is 16.7 Å². The van der Waals surface area contributed by atoms with Crippen LogP contribution in [0.3, 0.4) is 0 Å². The summed E-state index contributed by atoms with van der Waals surface area (Å²) < 4.78 is 17.0. The zero-order valence-corrected chi connectivity index (χ0v) is 28.3. The van der Waals surface area contributed by atoms with E-state index in [-0.39, 0.29) is 12.6 Å². The van der Waals surface area contributed by atoms with Crippen LogP contribution >= 0.6 is 11.6 Å². The smallest absolute Gasteiger partial charge is 0.408 e. The maximum Gasteiger partial charge on any atom is 0.408 e. The molecule has 0 saturated carbocycles. The van der Waals surface area contributed by atoms with Crippen LogP contribution in [0.1, 0.15) is 69.9 Å². The van der Waals surface area contributed by atoms with Gasteiger partial charge in [0.25, 0.3) is 5.91 Å². The summed E-state index contributed by atoms with van der Waals surface area (Å²) in [6, 6.07) is 26.8. The summed E-state index contributed by atoms with van der Waals surface area (Å²) in [5.41, 5.74) is 3.59. The Hall–Kier alpha value is -4.82. The molecule has 0 aromatic heterocycles. The minimum atomic E-state index is -0.802. The Morgan fingerprint density at radius 3 is 2.23 bits per heavy atom. The molecule has 0 spiro atoms. The average Bonchev–Trinajstić information content (AvgIpc) is 3.03. The molecule has 0 fully saturated rings. The fourth-order valence-electron chi connectivity index (χ4n) is 4.93. The standard InChI is InChI=1S/C38H41ClN2O6/c1-7-33(36(43)45-8-2)41-35(42)31-19-17-27(25-13-10-9-11-14-25)22-32(31)30-20-18-28(39)23-34(30)46-29-16-12-15-26(21-29)24(3)40-37(44)47-38(4,5)6/h9-24,33H,7-8H2,1-6H3,(H,40,44)(H,41,42)/t24-,33?/m1/s1.